The molecule has 7 nitrogen and oxygen atoms in total. The number of unbranched alkanes of at least 4 members (excludes halogenated alkanes) is 1. The number of rotatable bonds is 12. The molecule has 0 aliphatic carbocycles. The highest BCUT2D eigenvalue weighted by Crippen LogP contribution is 2.24. The normalized spacial score (nSPS) is 12.0. The van der Waals surface area contributed by atoms with Gasteiger partial charge in [0.05, 0.1) is 12.3 Å². The Balaban J connectivity index is 1.59. The van der Waals surface area contributed by atoms with E-state index in [0.29, 0.717) is 36.4 Å². The van der Waals surface area contributed by atoms with E-state index >= 15 is 0 Å². The van der Waals surface area contributed by atoms with Gasteiger partial charge in [0.1, 0.15) is 23.1 Å². The van der Waals surface area contributed by atoms with Gasteiger partial charge in [-0.3, -0.25) is 4.79 Å². The van der Waals surface area contributed by atoms with Crippen molar-refractivity contribution < 1.29 is 24.2 Å². The Morgan fingerprint density at radius 2 is 1.61 bits per heavy atom. The summed E-state index contributed by atoms with van der Waals surface area (Å²) >= 11 is 0. The summed E-state index contributed by atoms with van der Waals surface area (Å²) in [5.74, 6) is -0.182. The molecule has 38 heavy (non-hydrogen) atoms. The van der Waals surface area contributed by atoms with Crippen molar-refractivity contribution in [3.63, 3.8) is 0 Å². The molecule has 3 aromatic carbocycles. The average molecular weight is 519 g/mol. The van der Waals surface area contributed by atoms with Crippen LogP contribution in [0.4, 0.5) is 5.69 Å². The molecule has 0 unspecified atom stereocenters. The SMILES string of the molecule is CC(C)(C)OC(=O)[C@H](CCc1ccccc1)NC(=O)c1ccc(N)c(OCCCCc2ccc(O)cc2)c1. The maximum atomic E-state index is 13.1. The van der Waals surface area contributed by atoms with Crippen molar-refractivity contribution in [3.8, 4) is 11.5 Å². The topological polar surface area (TPSA) is 111 Å². The van der Waals surface area contributed by atoms with Gasteiger partial charge < -0.3 is 25.6 Å². The second kappa shape index (κ2) is 13.5. The third-order valence-corrected chi connectivity index (χ3v) is 5.89. The zero-order valence-corrected chi connectivity index (χ0v) is 22.4. The zero-order chi connectivity index (χ0) is 27.5. The van der Waals surface area contributed by atoms with E-state index in [2.05, 4.69) is 5.32 Å². The molecule has 0 aliphatic rings. The number of carbonyl (C=O) groups excluding carboxylic acids is 2. The minimum absolute atomic E-state index is 0.255. The Morgan fingerprint density at radius 1 is 0.921 bits per heavy atom. The molecule has 1 atom stereocenters. The third kappa shape index (κ3) is 9.47. The number of hydrogen-bond donors (Lipinski definition) is 3. The van der Waals surface area contributed by atoms with Crippen LogP contribution in [0.1, 0.15) is 61.5 Å². The van der Waals surface area contributed by atoms with Crippen LogP contribution in [0.15, 0.2) is 72.8 Å². The van der Waals surface area contributed by atoms with E-state index in [0.717, 1.165) is 30.4 Å². The molecule has 0 aliphatic heterocycles. The lowest BCUT2D eigenvalue weighted by molar-refractivity contribution is -0.157. The minimum Gasteiger partial charge on any atom is -0.508 e. The zero-order valence-electron chi connectivity index (χ0n) is 22.4. The number of aryl methyl sites for hydroxylation is 2. The highest BCUT2D eigenvalue weighted by molar-refractivity contribution is 5.97. The summed E-state index contributed by atoms with van der Waals surface area (Å²) in [4.78, 5) is 26.0. The van der Waals surface area contributed by atoms with Crippen LogP contribution in [-0.4, -0.2) is 35.2 Å². The second-order valence-corrected chi connectivity index (χ2v) is 10.3. The van der Waals surface area contributed by atoms with Crippen LogP contribution in [-0.2, 0) is 22.4 Å². The molecule has 7 heteroatoms. The van der Waals surface area contributed by atoms with Crippen LogP contribution in [0, 0.1) is 0 Å². The van der Waals surface area contributed by atoms with Crippen LogP contribution in [0.25, 0.3) is 0 Å². The summed E-state index contributed by atoms with van der Waals surface area (Å²) in [5.41, 5.74) is 8.43. The lowest BCUT2D eigenvalue weighted by atomic mass is 10.0. The Kier molecular flexibility index (Phi) is 10.2. The van der Waals surface area contributed by atoms with Gasteiger partial charge in [-0.2, -0.15) is 0 Å². The summed E-state index contributed by atoms with van der Waals surface area (Å²) in [6.45, 7) is 5.85. The first kappa shape index (κ1) is 28.6. The maximum Gasteiger partial charge on any atom is 0.329 e. The van der Waals surface area contributed by atoms with E-state index in [1.165, 1.54) is 0 Å². The van der Waals surface area contributed by atoms with Crippen molar-refractivity contribution in [1.29, 1.82) is 0 Å². The van der Waals surface area contributed by atoms with E-state index in [1.807, 2.05) is 42.5 Å². The number of phenolic OH excluding ortho intramolecular Hbond substituents is 1. The number of nitrogen functional groups attached to an aromatic ring is 1. The van der Waals surface area contributed by atoms with E-state index in [-0.39, 0.29) is 5.75 Å². The van der Waals surface area contributed by atoms with Crippen LogP contribution in [0.3, 0.4) is 0 Å². The number of aromatic hydroxyl groups is 1. The van der Waals surface area contributed by atoms with Crippen molar-refractivity contribution >= 4 is 17.6 Å². The molecule has 1 amide bonds. The van der Waals surface area contributed by atoms with Gasteiger partial charge in [-0.25, -0.2) is 4.79 Å². The summed E-state index contributed by atoms with van der Waals surface area (Å²) < 4.78 is 11.4. The molecule has 4 N–H and O–H groups in total. The Bertz CT molecular complexity index is 1190. The van der Waals surface area contributed by atoms with Crippen molar-refractivity contribution in [2.75, 3.05) is 12.3 Å². The number of phenols is 1. The number of amides is 1. The van der Waals surface area contributed by atoms with Crippen LogP contribution in [0.5, 0.6) is 11.5 Å². The molecule has 0 fully saturated rings. The van der Waals surface area contributed by atoms with E-state index in [9.17, 15) is 14.7 Å². The molecular weight excluding hydrogens is 480 g/mol. The van der Waals surface area contributed by atoms with Gasteiger partial charge in [-0.15, -0.1) is 0 Å². The number of carbonyl (C=O) groups is 2. The monoisotopic (exact) mass is 518 g/mol. The molecule has 3 rings (SSSR count). The Hall–Kier alpha value is -4.00. The number of nitrogens with one attached hydrogen (secondary N) is 1. The van der Waals surface area contributed by atoms with E-state index in [1.54, 1.807) is 51.1 Å². The van der Waals surface area contributed by atoms with Gasteiger partial charge in [-0.05, 0) is 94.3 Å². The predicted octanol–water partition coefficient (Wildman–Crippen LogP) is 5.45. The molecule has 0 bridgehead atoms. The molecule has 0 saturated heterocycles. The van der Waals surface area contributed by atoms with Crippen molar-refractivity contribution in [1.82, 2.24) is 5.32 Å². The number of nitrogens with two attached hydrogens (primary N) is 1. The third-order valence-electron chi connectivity index (χ3n) is 5.89. The van der Waals surface area contributed by atoms with Crippen LogP contribution in [0.2, 0.25) is 0 Å². The average Bonchev–Trinajstić information content (AvgIpc) is 2.87. The number of ether oxygens (including phenoxy) is 2. The fourth-order valence-corrected chi connectivity index (χ4v) is 3.90. The van der Waals surface area contributed by atoms with Crippen molar-refractivity contribution in [2.45, 2.75) is 64.5 Å². The lowest BCUT2D eigenvalue weighted by Crippen LogP contribution is -2.44. The summed E-state index contributed by atoms with van der Waals surface area (Å²) in [6, 6.07) is 21.0. The van der Waals surface area contributed by atoms with Gasteiger partial charge in [-0.1, -0.05) is 42.5 Å². The second-order valence-electron chi connectivity index (χ2n) is 10.3. The summed E-state index contributed by atoms with van der Waals surface area (Å²) in [7, 11) is 0. The number of esters is 1. The first-order valence-corrected chi connectivity index (χ1v) is 13.0. The van der Waals surface area contributed by atoms with Gasteiger partial charge in [0.25, 0.3) is 5.91 Å². The molecule has 0 saturated carbocycles. The Labute approximate surface area is 225 Å². The first-order chi connectivity index (χ1) is 18.1. The van der Waals surface area contributed by atoms with E-state index < -0.39 is 23.5 Å². The first-order valence-electron chi connectivity index (χ1n) is 13.0. The molecule has 3 aromatic rings. The fourth-order valence-electron chi connectivity index (χ4n) is 3.90. The molecule has 0 radical (unpaired) electrons. The van der Waals surface area contributed by atoms with E-state index in [4.69, 9.17) is 15.2 Å². The minimum atomic E-state index is -0.802. The molecule has 202 valence electrons. The fraction of sp³-hybridized carbons (Fsp3) is 0.355. The van der Waals surface area contributed by atoms with Gasteiger partial charge >= 0.3 is 5.97 Å². The van der Waals surface area contributed by atoms with Gasteiger partial charge in [0.15, 0.2) is 0 Å². The number of anilines is 1. The number of benzene rings is 3. The van der Waals surface area contributed by atoms with Crippen molar-refractivity contribution in [2.24, 2.45) is 0 Å². The summed E-state index contributed by atoms with van der Waals surface area (Å²) in [5, 5.41) is 12.2. The molecular formula is C31H38N2O5. The Morgan fingerprint density at radius 3 is 2.29 bits per heavy atom. The highest BCUT2D eigenvalue weighted by atomic mass is 16.6. The van der Waals surface area contributed by atoms with Crippen LogP contribution < -0.4 is 15.8 Å². The van der Waals surface area contributed by atoms with Crippen LogP contribution >= 0.6 is 0 Å². The molecule has 0 spiro atoms. The van der Waals surface area contributed by atoms with Crippen molar-refractivity contribution in [3.05, 3.63) is 89.5 Å². The molecule has 0 aromatic heterocycles. The standard InChI is InChI=1S/C31H38N2O5/c1-31(2,3)38-30(36)27(19-14-22-9-5-4-6-10-22)33-29(35)24-15-18-26(32)28(21-24)37-20-8-7-11-23-12-16-25(34)17-13-23/h4-6,9-10,12-13,15-18,21,27,34H,7-8,11,14,19-20,32H2,1-3H3,(H,33,35)/t27-/m0/s1. The number of hydrogen-bond acceptors (Lipinski definition) is 6. The summed E-state index contributed by atoms with van der Waals surface area (Å²) in [6.07, 6.45) is 3.60. The maximum absolute atomic E-state index is 13.1. The van der Waals surface area contributed by atoms with Gasteiger partial charge in [0, 0.05) is 5.56 Å². The quantitative estimate of drug-likeness (QED) is 0.167. The highest BCUT2D eigenvalue weighted by Gasteiger charge is 2.27. The lowest BCUT2D eigenvalue weighted by Gasteiger charge is -2.25. The smallest absolute Gasteiger partial charge is 0.329 e. The predicted molar refractivity (Wildman–Crippen MR) is 149 cm³/mol. The molecule has 0 heterocycles. The largest absolute Gasteiger partial charge is 0.508 e. The van der Waals surface area contributed by atoms with Gasteiger partial charge in [0.2, 0.25) is 0 Å².